The zero-order valence-corrected chi connectivity index (χ0v) is 12.1. The molecule has 1 amide bonds. The highest BCUT2D eigenvalue weighted by Crippen LogP contribution is 2.16. The minimum Gasteiger partial charge on any atom is -0.386 e. The van der Waals surface area contributed by atoms with Crippen molar-refractivity contribution in [3.63, 3.8) is 0 Å². The van der Waals surface area contributed by atoms with Gasteiger partial charge in [0.15, 0.2) is 0 Å². The molecule has 2 aromatic carbocycles. The molecule has 0 bridgehead atoms. The minimum absolute atomic E-state index is 0.0638. The number of aliphatic hydroxyl groups excluding tert-OH is 1. The summed E-state index contributed by atoms with van der Waals surface area (Å²) in [5.74, 6) is -0.964. The lowest BCUT2D eigenvalue weighted by molar-refractivity contribution is -0.384. The summed E-state index contributed by atoms with van der Waals surface area (Å²) >= 11 is 0. The fourth-order valence-electron chi connectivity index (χ4n) is 2.09. The first-order valence-electron chi connectivity index (χ1n) is 6.90. The predicted molar refractivity (Wildman–Crippen MR) is 81.2 cm³/mol. The number of hydrogen-bond acceptors (Lipinski definition) is 4. The highest BCUT2D eigenvalue weighted by Gasteiger charge is 2.14. The summed E-state index contributed by atoms with van der Waals surface area (Å²) in [6, 6.07) is 11.5. The van der Waals surface area contributed by atoms with E-state index in [0.29, 0.717) is 5.56 Å². The van der Waals surface area contributed by atoms with Gasteiger partial charge in [-0.2, -0.15) is 0 Å². The van der Waals surface area contributed by atoms with Crippen LogP contribution in [0.1, 0.15) is 17.2 Å². The number of rotatable bonds is 6. The maximum atomic E-state index is 13.5. The van der Waals surface area contributed by atoms with E-state index in [1.165, 1.54) is 36.4 Å². The molecule has 0 radical (unpaired) electrons. The van der Waals surface area contributed by atoms with Crippen LogP contribution in [0.25, 0.3) is 0 Å². The standard InChI is InChI=1S/C16H15FN2O4/c17-14-7-2-1-6-13(14)15(20)10-18-16(21)9-11-4-3-5-12(8-11)19(22)23/h1-8,15,20H,9-10H2,(H,18,21)/t15-/m0/s1. The fourth-order valence-corrected chi connectivity index (χ4v) is 2.09. The minimum atomic E-state index is -1.16. The van der Waals surface area contributed by atoms with Gasteiger partial charge in [0.2, 0.25) is 5.91 Å². The largest absolute Gasteiger partial charge is 0.386 e. The second-order valence-corrected chi connectivity index (χ2v) is 4.95. The van der Waals surface area contributed by atoms with Crippen LogP contribution in [0.4, 0.5) is 10.1 Å². The fraction of sp³-hybridized carbons (Fsp3) is 0.188. The maximum Gasteiger partial charge on any atom is 0.269 e. The zero-order chi connectivity index (χ0) is 16.8. The van der Waals surface area contributed by atoms with Crippen LogP contribution in [0.5, 0.6) is 0 Å². The Hall–Kier alpha value is -2.80. The van der Waals surface area contributed by atoms with E-state index in [2.05, 4.69) is 5.32 Å². The van der Waals surface area contributed by atoms with Crippen LogP contribution in [-0.2, 0) is 11.2 Å². The number of carbonyl (C=O) groups excluding carboxylic acids is 1. The molecule has 23 heavy (non-hydrogen) atoms. The third-order valence-electron chi connectivity index (χ3n) is 3.24. The molecule has 0 fully saturated rings. The Kier molecular flexibility index (Phi) is 5.37. The lowest BCUT2D eigenvalue weighted by Crippen LogP contribution is -2.30. The molecule has 120 valence electrons. The summed E-state index contributed by atoms with van der Waals surface area (Å²) < 4.78 is 13.5. The molecule has 7 heteroatoms. The lowest BCUT2D eigenvalue weighted by Gasteiger charge is -2.13. The number of benzene rings is 2. The van der Waals surface area contributed by atoms with Crippen molar-refractivity contribution in [3.8, 4) is 0 Å². The molecule has 1 atom stereocenters. The third kappa shape index (κ3) is 4.58. The predicted octanol–water partition coefficient (Wildman–Crippen LogP) is 2.13. The first-order chi connectivity index (χ1) is 11.0. The lowest BCUT2D eigenvalue weighted by atomic mass is 10.1. The molecule has 0 aliphatic heterocycles. The Bertz CT molecular complexity index is 721. The first kappa shape index (κ1) is 16.6. The van der Waals surface area contributed by atoms with E-state index in [1.54, 1.807) is 12.1 Å². The molecule has 0 saturated carbocycles. The summed E-state index contributed by atoms with van der Waals surface area (Å²) in [5, 5.41) is 23.0. The van der Waals surface area contributed by atoms with E-state index in [4.69, 9.17) is 0 Å². The van der Waals surface area contributed by atoms with Gasteiger partial charge in [-0.05, 0) is 11.6 Å². The molecule has 0 unspecified atom stereocenters. The molecule has 2 aromatic rings. The van der Waals surface area contributed by atoms with Crippen LogP contribution < -0.4 is 5.32 Å². The monoisotopic (exact) mass is 318 g/mol. The van der Waals surface area contributed by atoms with Crippen LogP contribution in [-0.4, -0.2) is 22.5 Å². The van der Waals surface area contributed by atoms with Gasteiger partial charge in [-0.1, -0.05) is 30.3 Å². The number of hydrogen-bond donors (Lipinski definition) is 2. The van der Waals surface area contributed by atoms with Crippen LogP contribution in [0.15, 0.2) is 48.5 Å². The Labute approximate surface area is 131 Å². The van der Waals surface area contributed by atoms with Crippen molar-refractivity contribution in [2.75, 3.05) is 6.54 Å². The Morgan fingerprint density at radius 3 is 2.70 bits per heavy atom. The number of aliphatic hydroxyl groups is 1. The van der Waals surface area contributed by atoms with Crippen LogP contribution in [0.3, 0.4) is 0 Å². The third-order valence-corrected chi connectivity index (χ3v) is 3.24. The van der Waals surface area contributed by atoms with Crippen molar-refractivity contribution >= 4 is 11.6 Å². The van der Waals surface area contributed by atoms with E-state index in [9.17, 15) is 24.4 Å². The van der Waals surface area contributed by atoms with E-state index in [0.717, 1.165) is 0 Å². The second kappa shape index (κ2) is 7.46. The van der Waals surface area contributed by atoms with Gasteiger partial charge >= 0.3 is 0 Å². The molecule has 0 aromatic heterocycles. The summed E-state index contributed by atoms with van der Waals surface area (Å²) in [4.78, 5) is 22.0. The van der Waals surface area contributed by atoms with E-state index < -0.39 is 22.8 Å². The SMILES string of the molecule is O=C(Cc1cccc([N+](=O)[O-])c1)NC[C@H](O)c1ccccc1F. The van der Waals surface area contributed by atoms with Gasteiger partial charge in [0, 0.05) is 24.2 Å². The van der Waals surface area contributed by atoms with Crippen LogP contribution >= 0.6 is 0 Å². The number of nitrogens with one attached hydrogen (secondary N) is 1. The van der Waals surface area contributed by atoms with Gasteiger partial charge in [0.05, 0.1) is 17.4 Å². The molecule has 2 N–H and O–H groups in total. The van der Waals surface area contributed by atoms with Gasteiger partial charge in [0.25, 0.3) is 5.69 Å². The highest BCUT2D eigenvalue weighted by atomic mass is 19.1. The van der Waals surface area contributed by atoms with Crippen molar-refractivity contribution in [3.05, 3.63) is 75.6 Å². The number of nitro benzene ring substituents is 1. The van der Waals surface area contributed by atoms with Crippen LogP contribution in [0.2, 0.25) is 0 Å². The summed E-state index contributed by atoms with van der Waals surface area (Å²) in [6.45, 7) is -0.144. The molecule has 6 nitrogen and oxygen atoms in total. The van der Waals surface area contributed by atoms with Crippen molar-refractivity contribution < 1.29 is 19.2 Å². The summed E-state index contributed by atoms with van der Waals surface area (Å²) in [5.41, 5.74) is 0.488. The average Bonchev–Trinajstić information content (AvgIpc) is 2.53. The molecule has 2 rings (SSSR count). The topological polar surface area (TPSA) is 92.5 Å². The summed E-state index contributed by atoms with van der Waals surface area (Å²) in [6.07, 6.45) is -1.23. The number of carbonyl (C=O) groups is 1. The molecule has 0 saturated heterocycles. The second-order valence-electron chi connectivity index (χ2n) is 4.95. The quantitative estimate of drug-likeness (QED) is 0.630. The Balaban J connectivity index is 1.91. The summed E-state index contributed by atoms with van der Waals surface area (Å²) in [7, 11) is 0. The molecular formula is C16H15FN2O4. The zero-order valence-electron chi connectivity index (χ0n) is 12.1. The Morgan fingerprint density at radius 2 is 2.00 bits per heavy atom. The van der Waals surface area contributed by atoms with Gasteiger partial charge in [-0.15, -0.1) is 0 Å². The number of amides is 1. The van der Waals surface area contributed by atoms with Gasteiger partial charge in [-0.3, -0.25) is 14.9 Å². The average molecular weight is 318 g/mol. The van der Waals surface area contributed by atoms with Crippen LogP contribution in [0, 0.1) is 15.9 Å². The molecule has 0 aliphatic rings. The maximum absolute atomic E-state index is 13.5. The number of halogens is 1. The smallest absolute Gasteiger partial charge is 0.269 e. The van der Waals surface area contributed by atoms with E-state index in [1.807, 2.05) is 0 Å². The normalized spacial score (nSPS) is 11.7. The van der Waals surface area contributed by atoms with E-state index in [-0.39, 0.29) is 24.2 Å². The molecular weight excluding hydrogens is 303 g/mol. The first-order valence-corrected chi connectivity index (χ1v) is 6.90. The Morgan fingerprint density at radius 1 is 1.26 bits per heavy atom. The van der Waals surface area contributed by atoms with Gasteiger partial charge < -0.3 is 10.4 Å². The van der Waals surface area contributed by atoms with Crippen molar-refractivity contribution in [1.82, 2.24) is 5.32 Å². The van der Waals surface area contributed by atoms with Gasteiger partial charge in [0.1, 0.15) is 5.82 Å². The van der Waals surface area contributed by atoms with Crippen molar-refractivity contribution in [2.45, 2.75) is 12.5 Å². The molecule has 0 aliphatic carbocycles. The number of nitrogens with zero attached hydrogens (tertiary/aromatic N) is 1. The van der Waals surface area contributed by atoms with Crippen molar-refractivity contribution in [2.24, 2.45) is 0 Å². The van der Waals surface area contributed by atoms with Gasteiger partial charge in [-0.25, -0.2) is 4.39 Å². The van der Waals surface area contributed by atoms with E-state index >= 15 is 0 Å². The molecule has 0 heterocycles. The van der Waals surface area contributed by atoms with Crippen molar-refractivity contribution in [1.29, 1.82) is 0 Å². The number of non-ortho nitro benzene ring substituents is 1. The highest BCUT2D eigenvalue weighted by molar-refractivity contribution is 5.78. The molecule has 0 spiro atoms. The number of nitro groups is 1.